The summed E-state index contributed by atoms with van der Waals surface area (Å²) in [5.41, 5.74) is 0.828. The number of ether oxygens (including phenoxy) is 2. The molecular weight excluding hydrogens is 448 g/mol. The lowest BCUT2D eigenvalue weighted by atomic mass is 9.93. The Hall–Kier alpha value is -2.45. The summed E-state index contributed by atoms with van der Waals surface area (Å²) in [6.45, 7) is 6.62. The predicted molar refractivity (Wildman–Crippen MR) is 134 cm³/mol. The van der Waals surface area contributed by atoms with E-state index in [9.17, 15) is 19.5 Å². The number of benzene rings is 1. The van der Waals surface area contributed by atoms with Gasteiger partial charge in [0.15, 0.2) is 0 Å². The van der Waals surface area contributed by atoms with Crippen molar-refractivity contribution in [1.82, 2.24) is 10.2 Å². The van der Waals surface area contributed by atoms with Gasteiger partial charge in [0, 0.05) is 27.2 Å². The van der Waals surface area contributed by atoms with E-state index in [0.717, 1.165) is 31.2 Å². The van der Waals surface area contributed by atoms with Crippen LogP contribution in [0.1, 0.15) is 58.4 Å². The number of rotatable bonds is 14. The molecule has 0 aromatic heterocycles. The molecule has 2 amide bonds. The third-order valence-electron chi connectivity index (χ3n) is 7.17. The van der Waals surface area contributed by atoms with Gasteiger partial charge in [0.05, 0.1) is 30.6 Å². The van der Waals surface area contributed by atoms with Crippen LogP contribution in [-0.2, 0) is 30.3 Å². The van der Waals surface area contributed by atoms with Gasteiger partial charge in [-0.25, -0.2) is 4.79 Å². The molecule has 0 unspecified atom stereocenters. The number of carboxylic acid groups (broad SMARTS) is 1. The zero-order valence-corrected chi connectivity index (χ0v) is 21.7. The smallest absolute Gasteiger partial charge is 0.326 e. The molecule has 0 bridgehead atoms. The first kappa shape index (κ1) is 28.8. The highest BCUT2D eigenvalue weighted by molar-refractivity contribution is 5.85. The van der Waals surface area contributed by atoms with E-state index < -0.39 is 29.9 Å². The van der Waals surface area contributed by atoms with Crippen LogP contribution in [0.4, 0.5) is 0 Å². The fourth-order valence-corrected chi connectivity index (χ4v) is 4.83. The Morgan fingerprint density at radius 1 is 1.14 bits per heavy atom. The van der Waals surface area contributed by atoms with Gasteiger partial charge in [0.1, 0.15) is 6.04 Å². The standard InChI is InChI=1S/C27H42N2O6/c1-6-18(2)15-21(34-4)17-24(30)29-14-10-13-23(29)25(35-5)19(3)26(31)28-22(27(32)33)16-20-11-8-7-9-12-20/h7-9,11-12,18-19,21-23,25H,6,10,13-17H2,1-5H3,(H,28,31)(H,32,33)/t18-,19+,21-,22-,23-,25+/m0/s1. The third kappa shape index (κ3) is 8.32. The number of hydrogen-bond acceptors (Lipinski definition) is 5. The molecule has 8 nitrogen and oxygen atoms in total. The molecule has 0 saturated carbocycles. The van der Waals surface area contributed by atoms with E-state index in [1.807, 2.05) is 35.2 Å². The Morgan fingerprint density at radius 3 is 2.40 bits per heavy atom. The van der Waals surface area contributed by atoms with Gasteiger partial charge >= 0.3 is 5.97 Å². The Kier molecular flexibility index (Phi) is 11.7. The maximum atomic E-state index is 13.2. The molecule has 35 heavy (non-hydrogen) atoms. The van der Waals surface area contributed by atoms with Gasteiger partial charge in [-0.2, -0.15) is 0 Å². The fraction of sp³-hybridized carbons (Fsp3) is 0.667. The molecule has 1 aliphatic rings. The normalized spacial score (nSPS) is 20.0. The van der Waals surface area contributed by atoms with Crippen molar-refractivity contribution in [3.05, 3.63) is 35.9 Å². The summed E-state index contributed by atoms with van der Waals surface area (Å²) < 4.78 is 11.3. The molecule has 8 heteroatoms. The van der Waals surface area contributed by atoms with E-state index in [4.69, 9.17) is 9.47 Å². The lowest BCUT2D eigenvalue weighted by molar-refractivity contribution is -0.145. The molecule has 6 atom stereocenters. The van der Waals surface area contributed by atoms with Crippen molar-refractivity contribution in [2.45, 2.75) is 83.6 Å². The molecule has 2 rings (SSSR count). The van der Waals surface area contributed by atoms with Crippen molar-refractivity contribution in [2.24, 2.45) is 11.8 Å². The number of amides is 2. The van der Waals surface area contributed by atoms with E-state index in [1.165, 1.54) is 7.11 Å². The van der Waals surface area contributed by atoms with E-state index in [-0.39, 0.29) is 24.5 Å². The molecule has 1 saturated heterocycles. The van der Waals surface area contributed by atoms with E-state index in [2.05, 4.69) is 19.2 Å². The Balaban J connectivity index is 2.06. The molecule has 1 aromatic rings. The number of aliphatic carboxylic acids is 1. The Labute approximate surface area is 209 Å². The minimum Gasteiger partial charge on any atom is -0.480 e. The van der Waals surface area contributed by atoms with E-state index >= 15 is 0 Å². The largest absolute Gasteiger partial charge is 0.480 e. The van der Waals surface area contributed by atoms with Gasteiger partial charge in [-0.05, 0) is 30.7 Å². The first-order valence-electron chi connectivity index (χ1n) is 12.6. The molecule has 1 heterocycles. The summed E-state index contributed by atoms with van der Waals surface area (Å²) in [7, 11) is 3.18. The molecule has 1 fully saturated rings. The van der Waals surface area contributed by atoms with Crippen LogP contribution in [0.3, 0.4) is 0 Å². The number of nitrogens with zero attached hydrogens (tertiary/aromatic N) is 1. The highest BCUT2D eigenvalue weighted by Crippen LogP contribution is 2.28. The first-order valence-corrected chi connectivity index (χ1v) is 12.6. The number of methoxy groups -OCH3 is 2. The molecule has 1 aromatic carbocycles. The summed E-state index contributed by atoms with van der Waals surface area (Å²) in [5, 5.41) is 12.3. The lowest BCUT2D eigenvalue weighted by Crippen LogP contribution is -2.52. The van der Waals surface area contributed by atoms with Crippen LogP contribution in [0, 0.1) is 11.8 Å². The molecule has 0 spiro atoms. The SMILES string of the molecule is CC[C@H](C)C[C@@H](CC(=O)N1CCC[C@H]1[C@H](OC)[C@@H](C)C(=O)N[C@@H](Cc1ccccc1)C(=O)O)OC. The number of hydrogen-bond donors (Lipinski definition) is 2. The lowest BCUT2D eigenvalue weighted by Gasteiger charge is -2.35. The van der Waals surface area contributed by atoms with Crippen molar-refractivity contribution in [3.8, 4) is 0 Å². The molecule has 0 aliphatic carbocycles. The van der Waals surface area contributed by atoms with Gasteiger partial charge < -0.3 is 24.8 Å². The highest BCUT2D eigenvalue weighted by atomic mass is 16.5. The third-order valence-corrected chi connectivity index (χ3v) is 7.17. The van der Waals surface area contributed by atoms with Crippen molar-refractivity contribution in [3.63, 3.8) is 0 Å². The number of carboxylic acids is 1. The topological polar surface area (TPSA) is 105 Å². The average molecular weight is 491 g/mol. The second kappa shape index (κ2) is 14.2. The number of nitrogens with one attached hydrogen (secondary N) is 1. The van der Waals surface area contributed by atoms with Crippen LogP contribution in [0.5, 0.6) is 0 Å². The fourth-order valence-electron chi connectivity index (χ4n) is 4.83. The molecule has 0 radical (unpaired) electrons. The van der Waals surface area contributed by atoms with Crippen molar-refractivity contribution in [1.29, 1.82) is 0 Å². The molecule has 1 aliphatic heterocycles. The first-order chi connectivity index (χ1) is 16.7. The highest BCUT2D eigenvalue weighted by Gasteiger charge is 2.40. The maximum Gasteiger partial charge on any atom is 0.326 e. The maximum absolute atomic E-state index is 13.2. The molecule has 196 valence electrons. The quantitative estimate of drug-likeness (QED) is 0.415. The zero-order valence-electron chi connectivity index (χ0n) is 21.7. The second-order valence-corrected chi connectivity index (χ2v) is 9.69. The number of likely N-dealkylation sites (tertiary alicyclic amines) is 1. The second-order valence-electron chi connectivity index (χ2n) is 9.69. The van der Waals surface area contributed by atoms with Gasteiger partial charge in [0.25, 0.3) is 0 Å². The van der Waals surface area contributed by atoms with Crippen LogP contribution in [-0.4, -0.2) is 72.8 Å². The van der Waals surface area contributed by atoms with Crippen molar-refractivity contribution in [2.75, 3.05) is 20.8 Å². The van der Waals surface area contributed by atoms with E-state index in [1.54, 1.807) is 14.0 Å². The summed E-state index contributed by atoms with van der Waals surface area (Å²) in [4.78, 5) is 39.9. The molecular formula is C27H42N2O6. The minimum absolute atomic E-state index is 0.00445. The van der Waals surface area contributed by atoms with Gasteiger partial charge in [-0.15, -0.1) is 0 Å². The van der Waals surface area contributed by atoms with Gasteiger partial charge in [0.2, 0.25) is 11.8 Å². The molecule has 2 N–H and O–H groups in total. The summed E-state index contributed by atoms with van der Waals surface area (Å²) in [6, 6.07) is 7.91. The average Bonchev–Trinajstić information content (AvgIpc) is 3.33. The van der Waals surface area contributed by atoms with Crippen LogP contribution in [0.15, 0.2) is 30.3 Å². The van der Waals surface area contributed by atoms with E-state index in [0.29, 0.717) is 18.9 Å². The van der Waals surface area contributed by atoms with Crippen LogP contribution >= 0.6 is 0 Å². The monoisotopic (exact) mass is 490 g/mol. The van der Waals surface area contributed by atoms with Crippen molar-refractivity contribution >= 4 is 17.8 Å². The number of carbonyl (C=O) groups is 3. The Morgan fingerprint density at radius 2 is 1.83 bits per heavy atom. The van der Waals surface area contributed by atoms with Crippen LogP contribution in [0.2, 0.25) is 0 Å². The van der Waals surface area contributed by atoms with Crippen molar-refractivity contribution < 1.29 is 29.0 Å². The van der Waals surface area contributed by atoms with Crippen LogP contribution < -0.4 is 5.32 Å². The minimum atomic E-state index is -1.09. The summed E-state index contributed by atoms with van der Waals surface area (Å²) in [6.07, 6.45) is 3.22. The number of carbonyl (C=O) groups excluding carboxylic acids is 2. The summed E-state index contributed by atoms with van der Waals surface area (Å²) >= 11 is 0. The van der Waals surface area contributed by atoms with Gasteiger partial charge in [-0.1, -0.05) is 57.5 Å². The predicted octanol–water partition coefficient (Wildman–Crippen LogP) is 3.28. The van der Waals surface area contributed by atoms with Crippen LogP contribution in [0.25, 0.3) is 0 Å². The summed E-state index contributed by atoms with van der Waals surface area (Å²) in [5.74, 6) is -1.64. The van der Waals surface area contributed by atoms with Gasteiger partial charge in [-0.3, -0.25) is 9.59 Å². The zero-order chi connectivity index (χ0) is 26.0. The Bertz CT molecular complexity index is 817.